The predicted octanol–water partition coefficient (Wildman–Crippen LogP) is 3.56. The summed E-state index contributed by atoms with van der Waals surface area (Å²) in [6.45, 7) is 7.28. The third-order valence-corrected chi connectivity index (χ3v) is 4.71. The van der Waals surface area contributed by atoms with Crippen molar-refractivity contribution in [2.24, 2.45) is 5.92 Å². The molecule has 0 N–H and O–H groups in total. The molecule has 0 aliphatic carbocycles. The molecule has 25 heavy (non-hydrogen) atoms. The van der Waals surface area contributed by atoms with Crippen LogP contribution in [-0.4, -0.2) is 33.1 Å². The Labute approximate surface area is 152 Å². The van der Waals surface area contributed by atoms with E-state index in [0.29, 0.717) is 17.7 Å². The van der Waals surface area contributed by atoms with Gasteiger partial charge in [0.1, 0.15) is 17.6 Å². The Kier molecular flexibility index (Phi) is 7.31. The van der Waals surface area contributed by atoms with Gasteiger partial charge in [0.2, 0.25) is 0 Å². The summed E-state index contributed by atoms with van der Waals surface area (Å²) in [5.41, 5.74) is 0. The lowest BCUT2D eigenvalue weighted by molar-refractivity contribution is -0.139. The number of methoxy groups -OCH3 is 1. The van der Waals surface area contributed by atoms with Crippen LogP contribution in [0.3, 0.4) is 0 Å². The average molecular weight is 363 g/mol. The van der Waals surface area contributed by atoms with Gasteiger partial charge in [0, 0.05) is 6.54 Å². The Bertz CT molecular complexity index is 673. The number of ether oxygens (including phenoxy) is 2. The minimum absolute atomic E-state index is 0.273. The number of esters is 1. The summed E-state index contributed by atoms with van der Waals surface area (Å²) in [7, 11) is 1.39. The van der Waals surface area contributed by atoms with Crippen LogP contribution in [0.5, 0.6) is 5.75 Å². The van der Waals surface area contributed by atoms with Crippen LogP contribution in [0.15, 0.2) is 35.5 Å². The Morgan fingerprint density at radius 1 is 1.20 bits per heavy atom. The van der Waals surface area contributed by atoms with Crippen molar-refractivity contribution in [3.05, 3.63) is 36.2 Å². The maximum Gasteiger partial charge on any atom is 0.318 e. The number of aromatic nitrogens is 3. The van der Waals surface area contributed by atoms with Crippen LogP contribution in [0.4, 0.5) is 0 Å². The molecule has 1 unspecified atom stereocenters. The zero-order valence-corrected chi connectivity index (χ0v) is 16.0. The third kappa shape index (κ3) is 5.77. The first-order chi connectivity index (χ1) is 12.0. The van der Waals surface area contributed by atoms with E-state index in [0.717, 1.165) is 24.5 Å². The number of carbonyl (C=O) groups is 1. The van der Waals surface area contributed by atoms with Gasteiger partial charge in [0.25, 0.3) is 0 Å². The van der Waals surface area contributed by atoms with Crippen LogP contribution in [0.25, 0.3) is 0 Å². The normalized spacial score (nSPS) is 12.2. The standard InChI is InChI=1S/C18H25N3O3S/c1-13(2)10-11-21-16(12-24-15-8-6-5-7-9-15)19-20-18(21)25-14(3)17(22)23-4/h5-9,13-14H,10-12H2,1-4H3. The first-order valence-corrected chi connectivity index (χ1v) is 9.23. The van der Waals surface area contributed by atoms with Crippen molar-refractivity contribution >= 4 is 17.7 Å². The van der Waals surface area contributed by atoms with Gasteiger partial charge in [0.05, 0.1) is 7.11 Å². The molecule has 2 rings (SSSR count). The van der Waals surface area contributed by atoms with Crippen LogP contribution in [-0.2, 0) is 22.7 Å². The highest BCUT2D eigenvalue weighted by atomic mass is 32.2. The summed E-state index contributed by atoms with van der Waals surface area (Å²) in [6, 6.07) is 9.62. The number of carbonyl (C=O) groups excluding carboxylic acids is 1. The molecule has 0 bridgehead atoms. The Morgan fingerprint density at radius 2 is 1.92 bits per heavy atom. The van der Waals surface area contributed by atoms with Gasteiger partial charge in [-0.2, -0.15) is 0 Å². The number of hydrogen-bond donors (Lipinski definition) is 0. The van der Waals surface area contributed by atoms with Crippen LogP contribution < -0.4 is 4.74 Å². The van der Waals surface area contributed by atoms with Gasteiger partial charge in [-0.15, -0.1) is 10.2 Å². The number of para-hydroxylation sites is 1. The molecule has 1 aromatic carbocycles. The molecule has 1 heterocycles. The molecule has 136 valence electrons. The number of nitrogens with zero attached hydrogens (tertiary/aromatic N) is 3. The Morgan fingerprint density at radius 3 is 2.56 bits per heavy atom. The van der Waals surface area contributed by atoms with Crippen LogP contribution >= 0.6 is 11.8 Å². The molecule has 7 heteroatoms. The highest BCUT2D eigenvalue weighted by molar-refractivity contribution is 8.00. The first kappa shape index (κ1) is 19.3. The minimum atomic E-state index is -0.338. The molecule has 1 aromatic heterocycles. The molecule has 6 nitrogen and oxygen atoms in total. The van der Waals surface area contributed by atoms with Gasteiger partial charge in [-0.1, -0.05) is 43.8 Å². The topological polar surface area (TPSA) is 66.2 Å². The molecular formula is C18H25N3O3S. The summed E-state index contributed by atoms with van der Waals surface area (Å²) in [5.74, 6) is 1.83. The molecule has 0 spiro atoms. The van der Waals surface area contributed by atoms with Crippen molar-refractivity contribution in [1.82, 2.24) is 14.8 Å². The van der Waals surface area contributed by atoms with Crippen molar-refractivity contribution in [1.29, 1.82) is 0 Å². The molecule has 2 aromatic rings. The fourth-order valence-corrected chi connectivity index (χ4v) is 3.08. The highest BCUT2D eigenvalue weighted by Crippen LogP contribution is 2.24. The quantitative estimate of drug-likeness (QED) is 0.501. The van der Waals surface area contributed by atoms with E-state index in [4.69, 9.17) is 9.47 Å². The van der Waals surface area contributed by atoms with E-state index in [-0.39, 0.29) is 11.2 Å². The van der Waals surface area contributed by atoms with Gasteiger partial charge in [-0.25, -0.2) is 0 Å². The second-order valence-corrected chi connectivity index (χ2v) is 7.43. The maximum absolute atomic E-state index is 11.7. The summed E-state index contributed by atoms with van der Waals surface area (Å²) >= 11 is 1.36. The van der Waals surface area contributed by atoms with Crippen molar-refractivity contribution in [3.63, 3.8) is 0 Å². The molecule has 0 aliphatic rings. The van der Waals surface area contributed by atoms with Gasteiger partial charge in [-0.05, 0) is 31.4 Å². The fourth-order valence-electron chi connectivity index (χ4n) is 2.16. The fraction of sp³-hybridized carbons (Fsp3) is 0.500. The molecule has 0 saturated carbocycles. The minimum Gasteiger partial charge on any atom is -0.486 e. The summed E-state index contributed by atoms with van der Waals surface area (Å²) < 4.78 is 12.6. The molecule has 0 radical (unpaired) electrons. The van der Waals surface area contributed by atoms with Gasteiger partial charge in [0.15, 0.2) is 11.0 Å². The number of benzene rings is 1. The average Bonchev–Trinajstić information content (AvgIpc) is 2.99. The second kappa shape index (κ2) is 9.46. The van der Waals surface area contributed by atoms with E-state index in [9.17, 15) is 4.79 Å². The maximum atomic E-state index is 11.7. The highest BCUT2D eigenvalue weighted by Gasteiger charge is 2.21. The zero-order chi connectivity index (χ0) is 18.2. The summed E-state index contributed by atoms with van der Waals surface area (Å²) in [5, 5.41) is 8.89. The zero-order valence-electron chi connectivity index (χ0n) is 15.1. The van der Waals surface area contributed by atoms with E-state index in [1.54, 1.807) is 6.92 Å². The van der Waals surface area contributed by atoms with E-state index < -0.39 is 0 Å². The molecular weight excluding hydrogens is 338 g/mol. The second-order valence-electron chi connectivity index (χ2n) is 6.12. The van der Waals surface area contributed by atoms with Crippen molar-refractivity contribution in [2.45, 2.75) is 50.8 Å². The van der Waals surface area contributed by atoms with Gasteiger partial charge >= 0.3 is 5.97 Å². The summed E-state index contributed by atoms with van der Waals surface area (Å²) in [6.07, 6.45) is 0.997. The van der Waals surface area contributed by atoms with Crippen LogP contribution in [0.2, 0.25) is 0 Å². The van der Waals surface area contributed by atoms with Crippen molar-refractivity contribution in [2.75, 3.05) is 7.11 Å². The molecule has 0 amide bonds. The SMILES string of the molecule is COC(=O)C(C)Sc1nnc(COc2ccccc2)n1CCC(C)C. The summed E-state index contributed by atoms with van der Waals surface area (Å²) in [4.78, 5) is 11.7. The lowest BCUT2D eigenvalue weighted by atomic mass is 10.1. The smallest absolute Gasteiger partial charge is 0.318 e. The van der Waals surface area contributed by atoms with Crippen molar-refractivity contribution in [3.8, 4) is 5.75 Å². The molecule has 0 fully saturated rings. The number of hydrogen-bond acceptors (Lipinski definition) is 6. The molecule has 0 saturated heterocycles. The van der Waals surface area contributed by atoms with E-state index in [1.807, 2.05) is 34.9 Å². The monoisotopic (exact) mass is 363 g/mol. The lowest BCUT2D eigenvalue weighted by Gasteiger charge is -2.14. The van der Waals surface area contributed by atoms with Crippen LogP contribution in [0, 0.1) is 5.92 Å². The van der Waals surface area contributed by atoms with Gasteiger partial charge < -0.3 is 14.0 Å². The molecule has 1 atom stereocenters. The van der Waals surface area contributed by atoms with Crippen molar-refractivity contribution < 1.29 is 14.3 Å². The third-order valence-electron chi connectivity index (χ3n) is 3.65. The number of rotatable bonds is 9. The Balaban J connectivity index is 2.13. The number of thioether (sulfide) groups is 1. The molecule has 0 aliphatic heterocycles. The first-order valence-electron chi connectivity index (χ1n) is 8.35. The largest absolute Gasteiger partial charge is 0.486 e. The van der Waals surface area contributed by atoms with Crippen LogP contribution in [0.1, 0.15) is 33.0 Å². The van der Waals surface area contributed by atoms with E-state index in [2.05, 4.69) is 24.0 Å². The Hall–Kier alpha value is -2.02. The van der Waals surface area contributed by atoms with Gasteiger partial charge in [-0.3, -0.25) is 4.79 Å². The van der Waals surface area contributed by atoms with E-state index in [1.165, 1.54) is 18.9 Å². The van der Waals surface area contributed by atoms with E-state index >= 15 is 0 Å². The lowest BCUT2D eigenvalue weighted by Crippen LogP contribution is -2.16. The predicted molar refractivity (Wildman–Crippen MR) is 97.6 cm³/mol.